The van der Waals surface area contributed by atoms with Gasteiger partial charge in [0.1, 0.15) is 0 Å². The van der Waals surface area contributed by atoms with E-state index >= 15 is 0 Å². The van der Waals surface area contributed by atoms with Gasteiger partial charge in [0.2, 0.25) is 5.89 Å². The lowest BCUT2D eigenvalue weighted by atomic mass is 9.94. The van der Waals surface area contributed by atoms with E-state index in [9.17, 15) is 0 Å². The highest BCUT2D eigenvalue weighted by Gasteiger charge is 2.38. The second-order valence-corrected chi connectivity index (χ2v) is 7.19. The zero-order chi connectivity index (χ0) is 14.7. The SMILES string of the molecule is CCC1(c2nc(CSc3ccc(Br)cc3)no2)CCCN1. The van der Waals surface area contributed by atoms with Crippen LogP contribution in [0, 0.1) is 0 Å². The van der Waals surface area contributed by atoms with Crippen LogP contribution in [0.4, 0.5) is 0 Å². The van der Waals surface area contributed by atoms with Crippen LogP contribution in [0.25, 0.3) is 0 Å². The maximum absolute atomic E-state index is 5.51. The Kier molecular flexibility index (Phi) is 4.66. The molecule has 0 amide bonds. The molecule has 1 saturated heterocycles. The Morgan fingerprint density at radius 1 is 1.38 bits per heavy atom. The Labute approximate surface area is 137 Å². The summed E-state index contributed by atoms with van der Waals surface area (Å²) in [4.78, 5) is 5.80. The second kappa shape index (κ2) is 6.50. The summed E-state index contributed by atoms with van der Waals surface area (Å²) in [7, 11) is 0. The molecule has 2 aromatic rings. The van der Waals surface area contributed by atoms with Crippen molar-refractivity contribution in [2.75, 3.05) is 6.54 Å². The molecule has 1 unspecified atom stereocenters. The van der Waals surface area contributed by atoms with Crippen LogP contribution in [0.2, 0.25) is 0 Å². The summed E-state index contributed by atoms with van der Waals surface area (Å²) < 4.78 is 6.59. The summed E-state index contributed by atoms with van der Waals surface area (Å²) in [6.45, 7) is 3.19. The molecule has 1 aliphatic rings. The summed E-state index contributed by atoms with van der Waals surface area (Å²) in [6, 6.07) is 8.25. The van der Waals surface area contributed by atoms with Crippen molar-refractivity contribution in [2.24, 2.45) is 0 Å². The Morgan fingerprint density at radius 3 is 2.86 bits per heavy atom. The number of aromatic nitrogens is 2. The third-order valence-electron chi connectivity index (χ3n) is 3.91. The highest BCUT2D eigenvalue weighted by Crippen LogP contribution is 2.33. The Balaban J connectivity index is 1.66. The first-order chi connectivity index (χ1) is 10.2. The Bertz CT molecular complexity index is 593. The van der Waals surface area contributed by atoms with Crippen LogP contribution >= 0.6 is 27.7 Å². The lowest BCUT2D eigenvalue weighted by molar-refractivity contribution is 0.249. The fourth-order valence-corrected chi connectivity index (χ4v) is 3.63. The second-order valence-electron chi connectivity index (χ2n) is 5.22. The molecule has 0 saturated carbocycles. The first kappa shape index (κ1) is 15.1. The molecule has 1 aromatic heterocycles. The molecule has 0 radical (unpaired) electrons. The first-order valence-electron chi connectivity index (χ1n) is 7.18. The van der Waals surface area contributed by atoms with Crippen LogP contribution in [0.5, 0.6) is 0 Å². The molecule has 1 N–H and O–H groups in total. The third-order valence-corrected chi connectivity index (χ3v) is 5.44. The first-order valence-corrected chi connectivity index (χ1v) is 8.96. The van der Waals surface area contributed by atoms with Crippen molar-refractivity contribution in [3.05, 3.63) is 40.5 Å². The molecule has 1 aromatic carbocycles. The molecule has 0 bridgehead atoms. The largest absolute Gasteiger partial charge is 0.337 e. The number of nitrogens with one attached hydrogen (secondary N) is 1. The van der Waals surface area contributed by atoms with Crippen molar-refractivity contribution in [1.82, 2.24) is 15.5 Å². The lowest BCUT2D eigenvalue weighted by Crippen LogP contribution is -2.36. The molecule has 112 valence electrons. The van der Waals surface area contributed by atoms with Gasteiger partial charge in [-0.2, -0.15) is 4.98 Å². The van der Waals surface area contributed by atoms with Crippen molar-refractivity contribution >= 4 is 27.7 Å². The number of hydrogen-bond donors (Lipinski definition) is 1. The Morgan fingerprint density at radius 2 is 2.19 bits per heavy atom. The maximum Gasteiger partial charge on any atom is 0.246 e. The van der Waals surface area contributed by atoms with E-state index in [1.54, 1.807) is 11.8 Å². The summed E-state index contributed by atoms with van der Waals surface area (Å²) in [6.07, 6.45) is 3.22. The molecular formula is C15H18BrN3OS. The summed E-state index contributed by atoms with van der Waals surface area (Å²) in [5.74, 6) is 2.23. The van der Waals surface area contributed by atoms with Crippen molar-refractivity contribution in [2.45, 2.75) is 42.4 Å². The normalized spacial score (nSPS) is 21.8. The molecule has 1 atom stereocenters. The topological polar surface area (TPSA) is 51.0 Å². The average molecular weight is 368 g/mol. The number of thioether (sulfide) groups is 1. The van der Waals surface area contributed by atoms with Gasteiger partial charge in [-0.15, -0.1) is 11.8 Å². The predicted molar refractivity (Wildman–Crippen MR) is 87.2 cm³/mol. The molecular weight excluding hydrogens is 350 g/mol. The van der Waals surface area contributed by atoms with Crippen molar-refractivity contribution in [3.8, 4) is 0 Å². The van der Waals surface area contributed by atoms with Gasteiger partial charge in [0, 0.05) is 9.37 Å². The molecule has 1 aliphatic heterocycles. The smallest absolute Gasteiger partial charge is 0.246 e. The number of benzene rings is 1. The van der Waals surface area contributed by atoms with E-state index in [1.165, 1.54) is 11.3 Å². The van der Waals surface area contributed by atoms with Gasteiger partial charge in [0.05, 0.1) is 11.3 Å². The third kappa shape index (κ3) is 3.33. The van der Waals surface area contributed by atoms with Gasteiger partial charge in [-0.05, 0) is 50.1 Å². The monoisotopic (exact) mass is 367 g/mol. The van der Waals surface area contributed by atoms with E-state index in [0.717, 1.165) is 41.3 Å². The predicted octanol–water partition coefficient (Wildman–Crippen LogP) is 4.11. The Hall–Kier alpha value is -0.850. The minimum absolute atomic E-state index is 0.104. The van der Waals surface area contributed by atoms with Crippen molar-refractivity contribution in [3.63, 3.8) is 0 Å². The van der Waals surface area contributed by atoms with Gasteiger partial charge in [-0.1, -0.05) is 28.0 Å². The number of halogens is 1. The number of nitrogens with zero attached hydrogens (tertiary/aromatic N) is 2. The summed E-state index contributed by atoms with van der Waals surface area (Å²) in [5.41, 5.74) is -0.104. The van der Waals surface area contributed by atoms with E-state index < -0.39 is 0 Å². The van der Waals surface area contributed by atoms with Gasteiger partial charge < -0.3 is 9.84 Å². The molecule has 0 spiro atoms. The van der Waals surface area contributed by atoms with Crippen LogP contribution in [0.15, 0.2) is 38.2 Å². The van der Waals surface area contributed by atoms with Crippen molar-refractivity contribution < 1.29 is 4.52 Å². The van der Waals surface area contributed by atoms with E-state index in [2.05, 4.69) is 50.4 Å². The highest BCUT2D eigenvalue weighted by atomic mass is 79.9. The number of rotatable bonds is 5. The van der Waals surface area contributed by atoms with Gasteiger partial charge >= 0.3 is 0 Å². The molecule has 4 nitrogen and oxygen atoms in total. The number of hydrogen-bond acceptors (Lipinski definition) is 5. The molecule has 21 heavy (non-hydrogen) atoms. The average Bonchev–Trinajstić information content (AvgIpc) is 3.16. The van der Waals surface area contributed by atoms with E-state index in [-0.39, 0.29) is 5.54 Å². The quantitative estimate of drug-likeness (QED) is 0.805. The fraction of sp³-hybridized carbons (Fsp3) is 0.467. The van der Waals surface area contributed by atoms with Gasteiger partial charge in [-0.3, -0.25) is 0 Å². The van der Waals surface area contributed by atoms with Crippen LogP contribution in [-0.2, 0) is 11.3 Å². The van der Waals surface area contributed by atoms with Gasteiger partial charge in [0.15, 0.2) is 5.82 Å². The van der Waals surface area contributed by atoms with Crippen LogP contribution in [-0.4, -0.2) is 16.7 Å². The van der Waals surface area contributed by atoms with Crippen LogP contribution in [0.1, 0.15) is 37.9 Å². The van der Waals surface area contributed by atoms with Crippen LogP contribution in [0.3, 0.4) is 0 Å². The fourth-order valence-electron chi connectivity index (χ4n) is 2.63. The van der Waals surface area contributed by atoms with E-state index in [4.69, 9.17) is 4.52 Å². The highest BCUT2D eigenvalue weighted by molar-refractivity contribution is 9.10. The van der Waals surface area contributed by atoms with Gasteiger partial charge in [-0.25, -0.2) is 0 Å². The summed E-state index contributed by atoms with van der Waals surface area (Å²) >= 11 is 5.16. The molecule has 6 heteroatoms. The minimum atomic E-state index is -0.104. The van der Waals surface area contributed by atoms with Crippen LogP contribution < -0.4 is 5.32 Å². The van der Waals surface area contributed by atoms with E-state index in [0.29, 0.717) is 0 Å². The summed E-state index contributed by atoms with van der Waals surface area (Å²) in [5, 5.41) is 7.65. The lowest BCUT2D eigenvalue weighted by Gasteiger charge is -2.22. The van der Waals surface area contributed by atoms with Gasteiger partial charge in [0.25, 0.3) is 0 Å². The zero-order valence-electron chi connectivity index (χ0n) is 11.9. The minimum Gasteiger partial charge on any atom is -0.337 e. The maximum atomic E-state index is 5.51. The molecule has 2 heterocycles. The molecule has 1 fully saturated rings. The van der Waals surface area contributed by atoms with Crippen molar-refractivity contribution in [1.29, 1.82) is 0 Å². The molecule has 3 rings (SSSR count). The molecule has 0 aliphatic carbocycles. The van der Waals surface area contributed by atoms with E-state index in [1.807, 2.05) is 12.1 Å². The standard InChI is InChI=1S/C15H18BrN3OS/c1-2-15(8-3-9-17-15)14-18-13(19-20-14)10-21-12-6-4-11(16)5-7-12/h4-7,17H,2-3,8-10H2,1H3. The zero-order valence-corrected chi connectivity index (χ0v) is 14.3.